The quantitative estimate of drug-likeness (QED) is 0.834. The molecule has 1 aromatic rings. The number of aryl methyl sites for hydroxylation is 2. The molecule has 1 heterocycles. The van der Waals surface area contributed by atoms with E-state index in [2.05, 4.69) is 16.3 Å². The first kappa shape index (κ1) is 17.8. The third-order valence-electron chi connectivity index (χ3n) is 4.45. The highest BCUT2D eigenvalue weighted by Crippen LogP contribution is 2.20. The van der Waals surface area contributed by atoms with E-state index in [0.717, 1.165) is 42.8 Å². The highest BCUT2D eigenvalue weighted by atomic mass is 16.5. The number of β-amino-alcohol motifs (C(OH)–C–C–N with tert-alkyl or cyclic N) is 1. The van der Waals surface area contributed by atoms with E-state index in [-0.39, 0.29) is 11.8 Å². The molecule has 2 N–H and O–H groups in total. The van der Waals surface area contributed by atoms with Crippen LogP contribution in [0.4, 0.5) is 0 Å². The van der Waals surface area contributed by atoms with E-state index in [0.29, 0.717) is 13.2 Å². The van der Waals surface area contributed by atoms with Crippen molar-refractivity contribution in [1.82, 2.24) is 10.2 Å². The van der Waals surface area contributed by atoms with Crippen molar-refractivity contribution in [3.8, 4) is 5.75 Å². The molecule has 1 saturated heterocycles. The molecule has 1 aliphatic heterocycles. The Labute approximate surface area is 138 Å². The number of ether oxygens (including phenoxy) is 1. The van der Waals surface area contributed by atoms with Crippen molar-refractivity contribution >= 4 is 5.91 Å². The molecule has 23 heavy (non-hydrogen) atoms. The number of carbonyl (C=O) groups excluding carboxylic acids is 1. The van der Waals surface area contributed by atoms with Crippen LogP contribution in [-0.2, 0) is 4.79 Å². The maximum absolute atomic E-state index is 11.6. The minimum atomic E-state index is -0.522. The second-order valence-electron chi connectivity index (χ2n) is 6.42. The number of piperidine rings is 1. The largest absolute Gasteiger partial charge is 0.491 e. The molecule has 1 fully saturated rings. The van der Waals surface area contributed by atoms with Gasteiger partial charge in [-0.25, -0.2) is 0 Å². The number of hydrogen-bond acceptors (Lipinski definition) is 4. The molecule has 0 saturated carbocycles. The molecular formula is C18H28N2O3. The van der Waals surface area contributed by atoms with Crippen LogP contribution in [0.2, 0.25) is 0 Å². The summed E-state index contributed by atoms with van der Waals surface area (Å²) in [5.74, 6) is 1.07. The van der Waals surface area contributed by atoms with Crippen molar-refractivity contribution in [1.29, 1.82) is 0 Å². The summed E-state index contributed by atoms with van der Waals surface area (Å²) in [6.07, 6.45) is 1.18. The highest BCUT2D eigenvalue weighted by molar-refractivity contribution is 5.78. The Balaban J connectivity index is 1.74. The number of carbonyl (C=O) groups is 1. The first-order chi connectivity index (χ1) is 11.0. The molecule has 128 valence electrons. The lowest BCUT2D eigenvalue weighted by atomic mass is 9.96. The van der Waals surface area contributed by atoms with Crippen LogP contribution in [0.3, 0.4) is 0 Å². The van der Waals surface area contributed by atoms with Crippen LogP contribution < -0.4 is 10.1 Å². The number of aliphatic hydroxyl groups is 1. The monoisotopic (exact) mass is 320 g/mol. The van der Waals surface area contributed by atoms with Crippen LogP contribution in [0.1, 0.15) is 24.0 Å². The van der Waals surface area contributed by atoms with E-state index in [1.807, 2.05) is 26.0 Å². The second kappa shape index (κ2) is 8.31. The first-order valence-electron chi connectivity index (χ1n) is 8.31. The van der Waals surface area contributed by atoms with Gasteiger partial charge in [-0.2, -0.15) is 0 Å². The highest BCUT2D eigenvalue weighted by Gasteiger charge is 2.25. The summed E-state index contributed by atoms with van der Waals surface area (Å²) in [7, 11) is 1.68. The lowest BCUT2D eigenvalue weighted by Gasteiger charge is -2.32. The van der Waals surface area contributed by atoms with Crippen molar-refractivity contribution < 1.29 is 14.6 Å². The molecule has 5 nitrogen and oxygen atoms in total. The Kier molecular flexibility index (Phi) is 6.42. The summed E-state index contributed by atoms with van der Waals surface area (Å²) in [6.45, 7) is 6.60. The smallest absolute Gasteiger partial charge is 0.222 e. The van der Waals surface area contributed by atoms with E-state index in [1.165, 1.54) is 0 Å². The third kappa shape index (κ3) is 5.22. The third-order valence-corrected chi connectivity index (χ3v) is 4.45. The second-order valence-corrected chi connectivity index (χ2v) is 6.42. The molecule has 1 atom stereocenters. The Morgan fingerprint density at radius 3 is 2.74 bits per heavy atom. The number of likely N-dealkylation sites (tertiary alicyclic amines) is 1. The van der Waals surface area contributed by atoms with Gasteiger partial charge in [0.2, 0.25) is 5.91 Å². The fourth-order valence-electron chi connectivity index (χ4n) is 2.98. The SMILES string of the molecule is CNC(=O)C1CCN(CC(O)COc2cc(C)ccc2C)CC1. The van der Waals surface area contributed by atoms with Crippen molar-refractivity contribution in [3.63, 3.8) is 0 Å². The molecule has 1 aliphatic rings. The molecule has 1 amide bonds. The number of rotatable bonds is 6. The minimum absolute atomic E-state index is 0.111. The standard InChI is InChI=1S/C18H28N2O3/c1-13-4-5-14(2)17(10-13)23-12-16(21)11-20-8-6-15(7-9-20)18(22)19-3/h4-5,10,15-16,21H,6-9,11-12H2,1-3H3,(H,19,22). The minimum Gasteiger partial charge on any atom is -0.491 e. The van der Waals surface area contributed by atoms with Gasteiger partial charge in [-0.15, -0.1) is 0 Å². The van der Waals surface area contributed by atoms with Crippen LogP contribution in [0.15, 0.2) is 18.2 Å². The Bertz CT molecular complexity index is 525. The van der Waals surface area contributed by atoms with Gasteiger partial charge in [0.05, 0.1) is 0 Å². The van der Waals surface area contributed by atoms with Gasteiger partial charge < -0.3 is 20.1 Å². The molecule has 0 radical (unpaired) electrons. The molecular weight excluding hydrogens is 292 g/mol. The number of nitrogens with one attached hydrogen (secondary N) is 1. The molecule has 1 aromatic carbocycles. The zero-order valence-electron chi connectivity index (χ0n) is 14.3. The number of aliphatic hydroxyl groups excluding tert-OH is 1. The number of benzene rings is 1. The van der Waals surface area contributed by atoms with E-state index in [1.54, 1.807) is 7.05 Å². The van der Waals surface area contributed by atoms with Gasteiger partial charge in [0, 0.05) is 19.5 Å². The summed E-state index contributed by atoms with van der Waals surface area (Å²) in [4.78, 5) is 13.8. The Morgan fingerprint density at radius 1 is 1.39 bits per heavy atom. The van der Waals surface area contributed by atoms with Gasteiger partial charge in [-0.1, -0.05) is 12.1 Å². The molecule has 1 unspecified atom stereocenters. The average Bonchev–Trinajstić information content (AvgIpc) is 2.55. The number of hydrogen-bond donors (Lipinski definition) is 2. The van der Waals surface area contributed by atoms with Gasteiger partial charge in [-0.05, 0) is 57.0 Å². The molecule has 5 heteroatoms. The normalized spacial score (nSPS) is 17.7. The van der Waals surface area contributed by atoms with E-state index < -0.39 is 6.10 Å². The molecule has 0 aliphatic carbocycles. The molecule has 0 spiro atoms. The van der Waals surface area contributed by atoms with E-state index in [4.69, 9.17) is 4.74 Å². The number of amides is 1. The zero-order chi connectivity index (χ0) is 16.8. The lowest BCUT2D eigenvalue weighted by molar-refractivity contribution is -0.126. The summed E-state index contributed by atoms with van der Waals surface area (Å²) < 4.78 is 5.76. The van der Waals surface area contributed by atoms with Crippen molar-refractivity contribution in [2.75, 3.05) is 33.3 Å². The van der Waals surface area contributed by atoms with Crippen LogP contribution >= 0.6 is 0 Å². The first-order valence-corrected chi connectivity index (χ1v) is 8.31. The van der Waals surface area contributed by atoms with E-state index >= 15 is 0 Å². The molecule has 0 aromatic heterocycles. The number of nitrogens with zero attached hydrogens (tertiary/aromatic N) is 1. The van der Waals surface area contributed by atoms with Crippen LogP contribution in [0.25, 0.3) is 0 Å². The van der Waals surface area contributed by atoms with Crippen LogP contribution in [0.5, 0.6) is 5.75 Å². The van der Waals surface area contributed by atoms with E-state index in [9.17, 15) is 9.90 Å². The molecule has 0 bridgehead atoms. The lowest BCUT2D eigenvalue weighted by Crippen LogP contribution is -2.43. The van der Waals surface area contributed by atoms with Gasteiger partial charge in [-0.3, -0.25) is 4.79 Å². The van der Waals surface area contributed by atoms with Gasteiger partial charge in [0.15, 0.2) is 0 Å². The Morgan fingerprint density at radius 2 is 2.09 bits per heavy atom. The molecule has 2 rings (SSSR count). The van der Waals surface area contributed by atoms with Crippen molar-refractivity contribution in [2.24, 2.45) is 5.92 Å². The van der Waals surface area contributed by atoms with Gasteiger partial charge in [0.25, 0.3) is 0 Å². The predicted octanol–water partition coefficient (Wildman–Crippen LogP) is 1.50. The summed E-state index contributed by atoms with van der Waals surface area (Å²) in [5.41, 5.74) is 2.23. The van der Waals surface area contributed by atoms with Crippen LogP contribution in [-0.4, -0.2) is 55.3 Å². The topological polar surface area (TPSA) is 61.8 Å². The summed E-state index contributed by atoms with van der Waals surface area (Å²) in [6, 6.07) is 6.08. The average molecular weight is 320 g/mol. The van der Waals surface area contributed by atoms with Crippen molar-refractivity contribution in [3.05, 3.63) is 29.3 Å². The fraction of sp³-hybridized carbons (Fsp3) is 0.611. The van der Waals surface area contributed by atoms with Crippen molar-refractivity contribution in [2.45, 2.75) is 32.8 Å². The summed E-state index contributed by atoms with van der Waals surface area (Å²) in [5, 5.41) is 12.9. The maximum Gasteiger partial charge on any atom is 0.222 e. The summed E-state index contributed by atoms with van der Waals surface area (Å²) >= 11 is 0. The fourth-order valence-corrected chi connectivity index (χ4v) is 2.98. The zero-order valence-corrected chi connectivity index (χ0v) is 14.3. The Hall–Kier alpha value is -1.59. The van der Waals surface area contributed by atoms with Gasteiger partial charge >= 0.3 is 0 Å². The maximum atomic E-state index is 11.6. The predicted molar refractivity (Wildman–Crippen MR) is 90.6 cm³/mol. The van der Waals surface area contributed by atoms with Gasteiger partial charge in [0.1, 0.15) is 18.5 Å². The van der Waals surface area contributed by atoms with Crippen LogP contribution in [0, 0.1) is 19.8 Å².